The average molecular weight is 359 g/mol. The Morgan fingerprint density at radius 1 is 1.04 bits per heavy atom. The molecule has 0 spiro atoms. The highest BCUT2D eigenvalue weighted by Crippen LogP contribution is 2.18. The standard InChI is InChI=1S/C20H29N3O3/c1-26-20(25)23-13-3-2-6-18(23)19(24)21-14-16-7-9-17(10-8-16)15-22-11-4-5-12-22/h7-10,18H,2-6,11-15H2,1H3,(H,21,24)/t18-/m0/s1. The van der Waals surface area contributed by atoms with Crippen molar-refractivity contribution < 1.29 is 14.3 Å². The zero-order chi connectivity index (χ0) is 18.4. The molecule has 2 heterocycles. The van der Waals surface area contributed by atoms with Gasteiger partial charge >= 0.3 is 6.09 Å². The average Bonchev–Trinajstić information content (AvgIpc) is 3.19. The molecule has 2 fully saturated rings. The zero-order valence-corrected chi connectivity index (χ0v) is 15.6. The summed E-state index contributed by atoms with van der Waals surface area (Å²) >= 11 is 0. The summed E-state index contributed by atoms with van der Waals surface area (Å²) < 4.78 is 4.80. The van der Waals surface area contributed by atoms with E-state index in [9.17, 15) is 9.59 Å². The number of likely N-dealkylation sites (tertiary alicyclic amines) is 2. The van der Waals surface area contributed by atoms with E-state index in [2.05, 4.69) is 34.5 Å². The first-order valence-electron chi connectivity index (χ1n) is 9.60. The highest BCUT2D eigenvalue weighted by Gasteiger charge is 2.32. The zero-order valence-electron chi connectivity index (χ0n) is 15.6. The molecule has 1 aromatic rings. The van der Waals surface area contributed by atoms with Crippen molar-refractivity contribution >= 4 is 12.0 Å². The number of rotatable bonds is 5. The van der Waals surface area contributed by atoms with E-state index in [1.165, 1.54) is 43.5 Å². The van der Waals surface area contributed by atoms with Crippen LogP contribution in [0.15, 0.2) is 24.3 Å². The molecule has 1 aromatic carbocycles. The van der Waals surface area contributed by atoms with Crippen molar-refractivity contribution in [3.8, 4) is 0 Å². The monoisotopic (exact) mass is 359 g/mol. The first-order chi connectivity index (χ1) is 12.7. The fraction of sp³-hybridized carbons (Fsp3) is 0.600. The van der Waals surface area contributed by atoms with Crippen LogP contribution in [-0.4, -0.2) is 54.6 Å². The normalized spacial score (nSPS) is 20.8. The smallest absolute Gasteiger partial charge is 0.410 e. The first-order valence-corrected chi connectivity index (χ1v) is 9.60. The van der Waals surface area contributed by atoms with Crippen molar-refractivity contribution in [1.82, 2.24) is 15.1 Å². The molecule has 26 heavy (non-hydrogen) atoms. The van der Waals surface area contributed by atoms with Crippen LogP contribution in [0.5, 0.6) is 0 Å². The maximum Gasteiger partial charge on any atom is 0.410 e. The van der Waals surface area contributed by atoms with Gasteiger partial charge in [-0.3, -0.25) is 14.6 Å². The van der Waals surface area contributed by atoms with Crippen molar-refractivity contribution in [2.24, 2.45) is 0 Å². The predicted molar refractivity (Wildman–Crippen MR) is 99.5 cm³/mol. The van der Waals surface area contributed by atoms with Crippen LogP contribution in [-0.2, 0) is 22.6 Å². The Bertz CT molecular complexity index is 611. The Kier molecular flexibility index (Phi) is 6.50. The quantitative estimate of drug-likeness (QED) is 0.878. The minimum atomic E-state index is -0.425. The van der Waals surface area contributed by atoms with Crippen LogP contribution < -0.4 is 5.32 Å². The SMILES string of the molecule is COC(=O)N1CCCC[C@H]1C(=O)NCc1ccc(CN2CCCC2)cc1. The molecule has 0 saturated carbocycles. The lowest BCUT2D eigenvalue weighted by atomic mass is 10.0. The minimum Gasteiger partial charge on any atom is -0.453 e. The second kappa shape index (κ2) is 9.03. The molecule has 0 radical (unpaired) electrons. The van der Waals surface area contributed by atoms with Gasteiger partial charge in [0, 0.05) is 19.6 Å². The third-order valence-electron chi connectivity index (χ3n) is 5.31. The van der Waals surface area contributed by atoms with Gasteiger partial charge in [-0.25, -0.2) is 4.79 Å². The van der Waals surface area contributed by atoms with Crippen molar-refractivity contribution in [3.63, 3.8) is 0 Å². The lowest BCUT2D eigenvalue weighted by molar-refractivity contribution is -0.127. The van der Waals surface area contributed by atoms with Gasteiger partial charge in [0.25, 0.3) is 0 Å². The van der Waals surface area contributed by atoms with Crippen LogP contribution in [0.1, 0.15) is 43.2 Å². The summed E-state index contributed by atoms with van der Waals surface area (Å²) in [4.78, 5) is 28.4. The molecule has 6 nitrogen and oxygen atoms in total. The van der Waals surface area contributed by atoms with Gasteiger partial charge in [0.15, 0.2) is 0 Å². The summed E-state index contributed by atoms with van der Waals surface area (Å²) in [6, 6.07) is 8.00. The molecule has 2 aliphatic heterocycles. The van der Waals surface area contributed by atoms with Crippen LogP contribution in [0.2, 0.25) is 0 Å². The lowest BCUT2D eigenvalue weighted by Gasteiger charge is -2.33. The number of hydrogen-bond acceptors (Lipinski definition) is 4. The second-order valence-electron chi connectivity index (χ2n) is 7.19. The van der Waals surface area contributed by atoms with Gasteiger partial charge in [0.1, 0.15) is 6.04 Å². The third kappa shape index (κ3) is 4.75. The van der Waals surface area contributed by atoms with Gasteiger partial charge in [0.05, 0.1) is 7.11 Å². The molecular weight excluding hydrogens is 330 g/mol. The number of hydrogen-bond donors (Lipinski definition) is 1. The maximum absolute atomic E-state index is 12.5. The second-order valence-corrected chi connectivity index (χ2v) is 7.19. The lowest BCUT2D eigenvalue weighted by Crippen LogP contribution is -2.51. The predicted octanol–water partition coefficient (Wildman–Crippen LogP) is 2.52. The minimum absolute atomic E-state index is 0.101. The number of nitrogens with zero attached hydrogens (tertiary/aromatic N) is 2. The molecule has 0 aromatic heterocycles. The summed E-state index contributed by atoms with van der Waals surface area (Å²) in [5, 5.41) is 2.97. The van der Waals surface area contributed by atoms with Crippen molar-refractivity contribution in [1.29, 1.82) is 0 Å². The molecule has 2 aliphatic rings. The van der Waals surface area contributed by atoms with E-state index in [0.29, 0.717) is 19.5 Å². The molecule has 0 aliphatic carbocycles. The highest BCUT2D eigenvalue weighted by atomic mass is 16.5. The summed E-state index contributed by atoms with van der Waals surface area (Å²) in [5.41, 5.74) is 2.38. The van der Waals surface area contributed by atoms with E-state index in [1.807, 2.05) is 0 Å². The molecule has 1 N–H and O–H groups in total. The Morgan fingerprint density at radius 3 is 2.38 bits per heavy atom. The van der Waals surface area contributed by atoms with Crippen LogP contribution in [0, 0.1) is 0 Å². The molecule has 2 saturated heterocycles. The number of carbonyl (C=O) groups is 2. The molecule has 2 amide bonds. The molecule has 0 unspecified atom stereocenters. The highest BCUT2D eigenvalue weighted by molar-refractivity contribution is 5.85. The van der Waals surface area contributed by atoms with Crippen LogP contribution in [0.4, 0.5) is 4.79 Å². The van der Waals surface area contributed by atoms with E-state index in [4.69, 9.17) is 4.74 Å². The topological polar surface area (TPSA) is 61.9 Å². The Balaban J connectivity index is 1.50. The fourth-order valence-electron chi connectivity index (χ4n) is 3.81. The Labute approximate surface area is 155 Å². The number of methoxy groups -OCH3 is 1. The van der Waals surface area contributed by atoms with Crippen LogP contribution >= 0.6 is 0 Å². The van der Waals surface area contributed by atoms with Gasteiger partial charge in [-0.2, -0.15) is 0 Å². The van der Waals surface area contributed by atoms with Crippen molar-refractivity contribution in [2.45, 2.75) is 51.2 Å². The Morgan fingerprint density at radius 2 is 1.69 bits per heavy atom. The molecule has 0 bridgehead atoms. The van der Waals surface area contributed by atoms with Crippen molar-refractivity contribution in [2.75, 3.05) is 26.7 Å². The van der Waals surface area contributed by atoms with E-state index in [-0.39, 0.29) is 5.91 Å². The summed E-state index contributed by atoms with van der Waals surface area (Å²) in [6.45, 7) is 4.44. The number of benzene rings is 1. The molecule has 6 heteroatoms. The summed E-state index contributed by atoms with van der Waals surface area (Å²) in [7, 11) is 1.36. The largest absolute Gasteiger partial charge is 0.453 e. The van der Waals surface area contributed by atoms with E-state index in [1.54, 1.807) is 0 Å². The van der Waals surface area contributed by atoms with E-state index < -0.39 is 12.1 Å². The van der Waals surface area contributed by atoms with Gasteiger partial charge in [0.2, 0.25) is 5.91 Å². The first kappa shape index (κ1) is 18.7. The molecule has 1 atom stereocenters. The molecule has 142 valence electrons. The van der Waals surface area contributed by atoms with Crippen LogP contribution in [0.3, 0.4) is 0 Å². The number of carbonyl (C=O) groups excluding carboxylic acids is 2. The number of piperidine rings is 1. The van der Waals surface area contributed by atoms with Gasteiger partial charge in [-0.05, 0) is 56.3 Å². The van der Waals surface area contributed by atoms with E-state index >= 15 is 0 Å². The van der Waals surface area contributed by atoms with E-state index in [0.717, 1.165) is 24.9 Å². The molecule has 3 rings (SSSR count). The van der Waals surface area contributed by atoms with Gasteiger partial charge < -0.3 is 10.1 Å². The number of amides is 2. The summed E-state index contributed by atoms with van der Waals surface area (Å²) in [6.07, 6.45) is 4.74. The fourth-order valence-corrected chi connectivity index (χ4v) is 3.81. The number of nitrogens with one attached hydrogen (secondary N) is 1. The Hall–Kier alpha value is -2.08. The third-order valence-corrected chi connectivity index (χ3v) is 5.31. The maximum atomic E-state index is 12.5. The van der Waals surface area contributed by atoms with Crippen LogP contribution in [0.25, 0.3) is 0 Å². The summed E-state index contributed by atoms with van der Waals surface area (Å²) in [5.74, 6) is -0.101. The van der Waals surface area contributed by atoms with Gasteiger partial charge in [-0.1, -0.05) is 24.3 Å². The molecular formula is C20H29N3O3. The number of ether oxygens (including phenoxy) is 1. The van der Waals surface area contributed by atoms with Crippen molar-refractivity contribution in [3.05, 3.63) is 35.4 Å². The van der Waals surface area contributed by atoms with Gasteiger partial charge in [-0.15, -0.1) is 0 Å².